The number of fused-ring (bicyclic) bond motifs is 1. The van der Waals surface area contributed by atoms with Gasteiger partial charge in [0.25, 0.3) is 0 Å². The van der Waals surface area contributed by atoms with Crippen molar-refractivity contribution in [3.63, 3.8) is 0 Å². The molecule has 1 aromatic carbocycles. The van der Waals surface area contributed by atoms with Gasteiger partial charge in [-0.1, -0.05) is 32.0 Å². The van der Waals surface area contributed by atoms with Crippen LogP contribution in [-0.4, -0.2) is 54.8 Å². The second kappa shape index (κ2) is 10.3. The fraction of sp³-hybridized carbons (Fsp3) is 0.619. The minimum absolute atomic E-state index is 0.123. The minimum Gasteiger partial charge on any atom is -0.343 e. The molecule has 0 N–H and O–H groups in total. The first-order valence-corrected chi connectivity index (χ1v) is 9.91. The molecule has 0 saturated carbocycles. The third-order valence-corrected chi connectivity index (χ3v) is 4.85. The lowest BCUT2D eigenvalue weighted by molar-refractivity contribution is -0.131. The van der Waals surface area contributed by atoms with Crippen molar-refractivity contribution in [2.24, 2.45) is 0 Å². The number of carbonyl (C=O) groups excluding carboxylic acids is 2. The van der Waals surface area contributed by atoms with Crippen molar-refractivity contribution in [1.29, 1.82) is 0 Å². The molecule has 1 aliphatic heterocycles. The molecular weight excluding hydrogens is 326 g/mol. The van der Waals surface area contributed by atoms with Gasteiger partial charge in [-0.3, -0.25) is 9.59 Å². The van der Waals surface area contributed by atoms with E-state index in [1.54, 1.807) is 0 Å². The first kappa shape index (κ1) is 20.4. The van der Waals surface area contributed by atoms with Crippen LogP contribution >= 0.6 is 0 Å². The van der Waals surface area contributed by atoms with Gasteiger partial charge in [0.05, 0.1) is 0 Å². The van der Waals surface area contributed by atoms with Crippen LogP contribution in [0.2, 0.25) is 0 Å². The van der Waals surface area contributed by atoms with Gasteiger partial charge in [0, 0.05) is 51.3 Å². The van der Waals surface area contributed by atoms with Crippen LogP contribution in [0.15, 0.2) is 24.3 Å². The van der Waals surface area contributed by atoms with Crippen LogP contribution in [0.25, 0.3) is 0 Å². The Labute approximate surface area is 158 Å². The summed E-state index contributed by atoms with van der Waals surface area (Å²) in [5.74, 6) is 0.301. The Morgan fingerprint density at radius 2 is 1.73 bits per heavy atom. The Kier molecular flexibility index (Phi) is 8.10. The average molecular weight is 360 g/mol. The van der Waals surface area contributed by atoms with Crippen LogP contribution in [-0.2, 0) is 16.1 Å². The smallest absolute Gasteiger partial charge is 0.227 e. The van der Waals surface area contributed by atoms with Gasteiger partial charge in [0.2, 0.25) is 11.8 Å². The van der Waals surface area contributed by atoms with E-state index in [4.69, 9.17) is 0 Å². The highest BCUT2D eigenvalue weighted by atomic mass is 16.2. The predicted octanol–water partition coefficient (Wildman–Crippen LogP) is 3.28. The number of rotatable bonds is 8. The minimum atomic E-state index is 0.123. The van der Waals surface area contributed by atoms with Crippen molar-refractivity contribution in [2.75, 3.05) is 38.1 Å². The average Bonchev–Trinajstić information content (AvgIpc) is 2.79. The molecule has 5 nitrogen and oxygen atoms in total. The van der Waals surface area contributed by atoms with Crippen LogP contribution in [0, 0.1) is 0 Å². The van der Waals surface area contributed by atoms with Gasteiger partial charge in [-0.05, 0) is 37.9 Å². The fourth-order valence-corrected chi connectivity index (χ4v) is 3.51. The van der Waals surface area contributed by atoms with E-state index >= 15 is 0 Å². The second-order valence-corrected chi connectivity index (χ2v) is 7.15. The third-order valence-electron chi connectivity index (χ3n) is 4.85. The number of anilines is 1. The molecule has 0 fully saturated rings. The Morgan fingerprint density at radius 1 is 1.04 bits per heavy atom. The lowest BCUT2D eigenvalue weighted by atomic mass is 10.1. The van der Waals surface area contributed by atoms with E-state index in [-0.39, 0.29) is 11.8 Å². The highest BCUT2D eigenvalue weighted by Crippen LogP contribution is 2.25. The van der Waals surface area contributed by atoms with Crippen molar-refractivity contribution in [2.45, 2.75) is 52.5 Å². The van der Waals surface area contributed by atoms with Crippen molar-refractivity contribution in [3.05, 3.63) is 29.8 Å². The fourth-order valence-electron chi connectivity index (χ4n) is 3.51. The van der Waals surface area contributed by atoms with Gasteiger partial charge in [-0.15, -0.1) is 0 Å². The van der Waals surface area contributed by atoms with Gasteiger partial charge in [-0.25, -0.2) is 0 Å². The molecule has 0 bridgehead atoms. The second-order valence-electron chi connectivity index (χ2n) is 7.15. The van der Waals surface area contributed by atoms with Gasteiger partial charge < -0.3 is 14.7 Å². The number of amides is 2. The molecule has 1 aliphatic rings. The van der Waals surface area contributed by atoms with Gasteiger partial charge in [0.15, 0.2) is 0 Å². The van der Waals surface area contributed by atoms with E-state index in [2.05, 4.69) is 31.9 Å². The zero-order chi connectivity index (χ0) is 18.9. The summed E-state index contributed by atoms with van der Waals surface area (Å²) in [6.45, 7) is 8.24. The summed E-state index contributed by atoms with van der Waals surface area (Å²) < 4.78 is 0. The van der Waals surface area contributed by atoms with Crippen LogP contribution in [0.3, 0.4) is 0 Å². The number of carbonyl (C=O) groups is 2. The molecule has 0 aliphatic carbocycles. The van der Waals surface area contributed by atoms with E-state index in [1.165, 1.54) is 5.56 Å². The molecule has 0 radical (unpaired) electrons. The summed E-state index contributed by atoms with van der Waals surface area (Å²) in [5, 5.41) is 0. The summed E-state index contributed by atoms with van der Waals surface area (Å²) >= 11 is 0. The summed E-state index contributed by atoms with van der Waals surface area (Å²) in [6, 6.07) is 8.13. The predicted molar refractivity (Wildman–Crippen MR) is 106 cm³/mol. The Balaban J connectivity index is 1.92. The Hall–Kier alpha value is -1.88. The Bertz CT molecular complexity index is 597. The molecule has 1 heterocycles. The number of hydrogen-bond acceptors (Lipinski definition) is 3. The standard InChI is InChI=1S/C21H33N3O2/c1-4-13-23(14-5-2)20(25)11-8-12-21(26)24-16-15-22(3)17-18-9-6-7-10-19(18)24/h6-7,9-10H,4-5,8,11-17H2,1-3H3. The quantitative estimate of drug-likeness (QED) is 0.715. The zero-order valence-corrected chi connectivity index (χ0v) is 16.5. The molecule has 0 spiro atoms. The summed E-state index contributed by atoms with van der Waals surface area (Å²) in [5.41, 5.74) is 2.21. The normalized spacial score (nSPS) is 14.7. The third kappa shape index (κ3) is 5.56. The van der Waals surface area contributed by atoms with Crippen molar-refractivity contribution >= 4 is 17.5 Å². The maximum Gasteiger partial charge on any atom is 0.227 e. The summed E-state index contributed by atoms with van der Waals surface area (Å²) in [4.78, 5) is 31.2. The van der Waals surface area contributed by atoms with Crippen LogP contribution in [0.4, 0.5) is 5.69 Å². The molecular formula is C21H33N3O2. The van der Waals surface area contributed by atoms with E-state index < -0.39 is 0 Å². The molecule has 0 aromatic heterocycles. The van der Waals surface area contributed by atoms with Crippen LogP contribution in [0.1, 0.15) is 51.5 Å². The van der Waals surface area contributed by atoms with E-state index in [1.807, 2.05) is 28.0 Å². The number of para-hydroxylation sites is 1. The van der Waals surface area contributed by atoms with Gasteiger partial charge in [0.1, 0.15) is 0 Å². The topological polar surface area (TPSA) is 43.9 Å². The molecule has 2 amide bonds. The SMILES string of the molecule is CCCN(CCC)C(=O)CCCC(=O)N1CCN(C)Cc2ccccc21. The molecule has 0 saturated heterocycles. The molecule has 2 rings (SSSR count). The number of hydrogen-bond donors (Lipinski definition) is 0. The Morgan fingerprint density at radius 3 is 2.42 bits per heavy atom. The van der Waals surface area contributed by atoms with Crippen molar-refractivity contribution in [1.82, 2.24) is 9.80 Å². The van der Waals surface area contributed by atoms with Gasteiger partial charge >= 0.3 is 0 Å². The number of likely N-dealkylation sites (N-methyl/N-ethyl adjacent to an activating group) is 1. The molecule has 1 aromatic rings. The first-order chi connectivity index (χ1) is 12.6. The van der Waals surface area contributed by atoms with E-state index in [0.717, 1.165) is 44.7 Å². The number of benzene rings is 1. The van der Waals surface area contributed by atoms with E-state index in [0.29, 0.717) is 25.8 Å². The van der Waals surface area contributed by atoms with Crippen LogP contribution in [0.5, 0.6) is 0 Å². The monoisotopic (exact) mass is 359 g/mol. The summed E-state index contributed by atoms with van der Waals surface area (Å²) in [6.07, 6.45) is 3.46. The molecule has 0 unspecified atom stereocenters. The van der Waals surface area contributed by atoms with Crippen LogP contribution < -0.4 is 4.90 Å². The van der Waals surface area contributed by atoms with Crippen molar-refractivity contribution in [3.8, 4) is 0 Å². The van der Waals surface area contributed by atoms with E-state index in [9.17, 15) is 9.59 Å². The lowest BCUT2D eigenvalue weighted by Gasteiger charge is -2.24. The summed E-state index contributed by atoms with van der Waals surface area (Å²) in [7, 11) is 2.08. The maximum absolute atomic E-state index is 12.8. The van der Waals surface area contributed by atoms with Crippen molar-refractivity contribution < 1.29 is 9.59 Å². The molecule has 26 heavy (non-hydrogen) atoms. The highest BCUT2D eigenvalue weighted by Gasteiger charge is 2.22. The lowest BCUT2D eigenvalue weighted by Crippen LogP contribution is -2.35. The number of nitrogens with zero attached hydrogens (tertiary/aromatic N) is 3. The molecule has 0 atom stereocenters. The molecule has 5 heteroatoms. The zero-order valence-electron chi connectivity index (χ0n) is 16.5. The molecule has 144 valence electrons. The van der Waals surface area contributed by atoms with Gasteiger partial charge in [-0.2, -0.15) is 0 Å². The largest absolute Gasteiger partial charge is 0.343 e. The highest BCUT2D eigenvalue weighted by molar-refractivity contribution is 5.94. The maximum atomic E-state index is 12.8. The first-order valence-electron chi connectivity index (χ1n) is 9.91.